The summed E-state index contributed by atoms with van der Waals surface area (Å²) in [5, 5.41) is 12.1. The van der Waals surface area contributed by atoms with E-state index in [9.17, 15) is 4.79 Å². The van der Waals surface area contributed by atoms with Gasteiger partial charge in [-0.05, 0) is 30.5 Å². The molecule has 0 bridgehead atoms. The summed E-state index contributed by atoms with van der Waals surface area (Å²) in [5.41, 5.74) is 3.87. The number of carboxylic acid groups (broad SMARTS) is 1. The fourth-order valence-corrected chi connectivity index (χ4v) is 1.95. The van der Waals surface area contributed by atoms with Gasteiger partial charge >= 0.3 is 5.97 Å². The lowest BCUT2D eigenvalue weighted by Crippen LogP contribution is -2.36. The Morgan fingerprint density at radius 1 is 1.32 bits per heavy atom. The third-order valence-electron chi connectivity index (χ3n) is 3.73. The number of nitrogens with one attached hydrogen (secondary N) is 1. The Bertz CT molecular complexity index is 452. The lowest BCUT2D eigenvalue weighted by atomic mass is 9.83. The van der Waals surface area contributed by atoms with E-state index in [2.05, 4.69) is 51.2 Å². The molecular weight excluding hydrogens is 238 g/mol. The Hall–Kier alpha value is -1.35. The highest BCUT2D eigenvalue weighted by molar-refractivity contribution is 5.69. The van der Waals surface area contributed by atoms with Crippen molar-refractivity contribution in [3.05, 3.63) is 34.9 Å². The van der Waals surface area contributed by atoms with Crippen molar-refractivity contribution in [2.45, 2.75) is 40.0 Å². The molecule has 1 rings (SSSR count). The summed E-state index contributed by atoms with van der Waals surface area (Å²) in [5.74, 6) is -1.10. The van der Waals surface area contributed by atoms with Crippen LogP contribution in [0.25, 0.3) is 0 Å². The number of rotatable bonds is 6. The van der Waals surface area contributed by atoms with Crippen molar-refractivity contribution in [1.82, 2.24) is 5.32 Å². The molecule has 1 unspecified atom stereocenters. The van der Waals surface area contributed by atoms with E-state index in [1.165, 1.54) is 16.7 Å². The zero-order chi connectivity index (χ0) is 14.6. The molecular formula is C16H25NO2. The third kappa shape index (κ3) is 4.35. The van der Waals surface area contributed by atoms with Gasteiger partial charge in [0.25, 0.3) is 0 Å². The molecule has 0 fully saturated rings. The van der Waals surface area contributed by atoms with E-state index >= 15 is 0 Å². The van der Waals surface area contributed by atoms with Gasteiger partial charge in [0.05, 0.1) is 5.92 Å². The molecule has 0 saturated carbocycles. The molecule has 1 atom stereocenters. The molecule has 106 valence electrons. The molecule has 0 aliphatic carbocycles. The Kier molecular flexibility index (Phi) is 5.12. The summed E-state index contributed by atoms with van der Waals surface area (Å²) in [6.07, 6.45) is 0. The lowest BCUT2D eigenvalue weighted by Gasteiger charge is -2.27. The fourth-order valence-electron chi connectivity index (χ4n) is 1.95. The van der Waals surface area contributed by atoms with Crippen molar-refractivity contribution in [2.24, 2.45) is 5.92 Å². The number of hydrogen-bond donors (Lipinski definition) is 2. The molecule has 0 saturated heterocycles. The summed E-state index contributed by atoms with van der Waals surface area (Å²) < 4.78 is 0. The van der Waals surface area contributed by atoms with Gasteiger partial charge in [-0.25, -0.2) is 0 Å². The molecule has 1 aromatic rings. The Labute approximate surface area is 116 Å². The second-order valence-corrected chi connectivity index (χ2v) is 6.05. The number of aliphatic carboxylic acids is 1. The van der Waals surface area contributed by atoms with Gasteiger partial charge in [0.1, 0.15) is 0 Å². The van der Waals surface area contributed by atoms with Crippen LogP contribution in [-0.2, 0) is 10.2 Å². The van der Waals surface area contributed by atoms with Gasteiger partial charge < -0.3 is 10.4 Å². The number of benzene rings is 1. The minimum absolute atomic E-state index is 0.00329. The van der Waals surface area contributed by atoms with Crippen molar-refractivity contribution in [3.63, 3.8) is 0 Å². The van der Waals surface area contributed by atoms with Gasteiger partial charge in [0, 0.05) is 18.5 Å². The van der Waals surface area contributed by atoms with Gasteiger partial charge in [-0.3, -0.25) is 4.79 Å². The number of aryl methyl sites for hydroxylation is 2. The van der Waals surface area contributed by atoms with Crippen molar-refractivity contribution < 1.29 is 9.90 Å². The maximum Gasteiger partial charge on any atom is 0.307 e. The predicted octanol–water partition coefficient (Wildman–Crippen LogP) is 2.89. The van der Waals surface area contributed by atoms with E-state index in [0.717, 1.165) is 6.54 Å². The van der Waals surface area contributed by atoms with Crippen LogP contribution in [0.1, 0.15) is 37.5 Å². The summed E-state index contributed by atoms with van der Waals surface area (Å²) in [6.45, 7) is 11.6. The standard InChI is InChI=1S/C16H25NO2/c1-11-6-7-14(8-12(11)2)16(4,5)10-17-9-13(3)15(18)19/h6-8,13,17H,9-10H2,1-5H3,(H,18,19). The fraction of sp³-hybridized carbons (Fsp3) is 0.562. The van der Waals surface area contributed by atoms with Crippen LogP contribution in [0.15, 0.2) is 18.2 Å². The number of carbonyl (C=O) groups is 1. The predicted molar refractivity (Wildman–Crippen MR) is 78.6 cm³/mol. The largest absolute Gasteiger partial charge is 0.481 e. The van der Waals surface area contributed by atoms with Crippen LogP contribution in [0.2, 0.25) is 0 Å². The maximum atomic E-state index is 10.8. The maximum absolute atomic E-state index is 10.8. The summed E-state index contributed by atoms with van der Waals surface area (Å²) in [7, 11) is 0. The second kappa shape index (κ2) is 6.20. The van der Waals surface area contributed by atoms with Gasteiger partial charge in [-0.1, -0.05) is 39.0 Å². The SMILES string of the molecule is Cc1ccc(C(C)(C)CNCC(C)C(=O)O)cc1C. The highest BCUT2D eigenvalue weighted by Crippen LogP contribution is 2.24. The minimum atomic E-state index is -0.753. The van der Waals surface area contributed by atoms with E-state index in [1.807, 2.05) is 0 Å². The van der Waals surface area contributed by atoms with Crippen LogP contribution in [0, 0.1) is 19.8 Å². The van der Waals surface area contributed by atoms with Gasteiger partial charge in [-0.2, -0.15) is 0 Å². The summed E-state index contributed by atoms with van der Waals surface area (Å²) in [4.78, 5) is 10.8. The van der Waals surface area contributed by atoms with Crippen molar-refractivity contribution in [3.8, 4) is 0 Å². The topological polar surface area (TPSA) is 49.3 Å². The molecule has 2 N–H and O–H groups in total. The lowest BCUT2D eigenvalue weighted by molar-refractivity contribution is -0.140. The molecule has 0 spiro atoms. The van der Waals surface area contributed by atoms with E-state index < -0.39 is 5.97 Å². The normalized spacial score (nSPS) is 13.3. The van der Waals surface area contributed by atoms with E-state index in [0.29, 0.717) is 6.54 Å². The van der Waals surface area contributed by atoms with Crippen LogP contribution in [-0.4, -0.2) is 24.2 Å². The number of hydrogen-bond acceptors (Lipinski definition) is 2. The van der Waals surface area contributed by atoms with Crippen LogP contribution in [0.3, 0.4) is 0 Å². The van der Waals surface area contributed by atoms with Crippen LogP contribution in [0.4, 0.5) is 0 Å². The quantitative estimate of drug-likeness (QED) is 0.829. The average molecular weight is 263 g/mol. The first kappa shape index (κ1) is 15.7. The van der Waals surface area contributed by atoms with Crippen LogP contribution >= 0.6 is 0 Å². The van der Waals surface area contributed by atoms with E-state index in [-0.39, 0.29) is 11.3 Å². The van der Waals surface area contributed by atoms with Gasteiger partial charge in [0.2, 0.25) is 0 Å². The molecule has 19 heavy (non-hydrogen) atoms. The van der Waals surface area contributed by atoms with Gasteiger partial charge in [0.15, 0.2) is 0 Å². The second-order valence-electron chi connectivity index (χ2n) is 6.05. The molecule has 1 aromatic carbocycles. The molecule has 0 aromatic heterocycles. The third-order valence-corrected chi connectivity index (χ3v) is 3.73. The number of carboxylic acids is 1. The zero-order valence-electron chi connectivity index (χ0n) is 12.6. The first-order valence-corrected chi connectivity index (χ1v) is 6.75. The minimum Gasteiger partial charge on any atom is -0.481 e. The first-order valence-electron chi connectivity index (χ1n) is 6.75. The molecule has 0 aliphatic rings. The Morgan fingerprint density at radius 2 is 1.95 bits per heavy atom. The monoisotopic (exact) mass is 263 g/mol. The smallest absolute Gasteiger partial charge is 0.307 e. The van der Waals surface area contributed by atoms with E-state index in [1.54, 1.807) is 6.92 Å². The Morgan fingerprint density at radius 3 is 2.47 bits per heavy atom. The highest BCUT2D eigenvalue weighted by atomic mass is 16.4. The van der Waals surface area contributed by atoms with Crippen molar-refractivity contribution in [1.29, 1.82) is 0 Å². The van der Waals surface area contributed by atoms with Gasteiger partial charge in [-0.15, -0.1) is 0 Å². The summed E-state index contributed by atoms with van der Waals surface area (Å²) in [6, 6.07) is 6.52. The molecule has 3 nitrogen and oxygen atoms in total. The zero-order valence-corrected chi connectivity index (χ0v) is 12.6. The van der Waals surface area contributed by atoms with Crippen LogP contribution < -0.4 is 5.32 Å². The van der Waals surface area contributed by atoms with E-state index in [4.69, 9.17) is 5.11 Å². The molecule has 0 aliphatic heterocycles. The van der Waals surface area contributed by atoms with Crippen molar-refractivity contribution in [2.75, 3.05) is 13.1 Å². The Balaban J connectivity index is 2.65. The molecule has 0 amide bonds. The summed E-state index contributed by atoms with van der Waals surface area (Å²) >= 11 is 0. The average Bonchev–Trinajstić information content (AvgIpc) is 2.32. The van der Waals surface area contributed by atoms with Crippen LogP contribution in [0.5, 0.6) is 0 Å². The highest BCUT2D eigenvalue weighted by Gasteiger charge is 2.21. The molecule has 0 radical (unpaired) electrons. The molecule has 0 heterocycles. The van der Waals surface area contributed by atoms with Crippen molar-refractivity contribution >= 4 is 5.97 Å². The first-order chi connectivity index (χ1) is 8.74. The molecule has 3 heteroatoms.